The Bertz CT molecular complexity index is 526. The normalized spacial score (nSPS) is 41.6. The molecule has 0 spiro atoms. The highest BCUT2D eigenvalue weighted by Gasteiger charge is 2.50. The number of rotatable bonds is 0. The quantitative estimate of drug-likeness (QED) is 0.458. The van der Waals surface area contributed by atoms with Gasteiger partial charge in [-0.2, -0.15) is 0 Å². The van der Waals surface area contributed by atoms with Crippen LogP contribution in [0, 0.1) is 0 Å². The van der Waals surface area contributed by atoms with Crippen LogP contribution < -0.4 is 0 Å². The molecule has 0 aromatic heterocycles. The summed E-state index contributed by atoms with van der Waals surface area (Å²) in [5, 5.41) is 0. The summed E-state index contributed by atoms with van der Waals surface area (Å²) < 4.78 is 12.0. The van der Waals surface area contributed by atoms with Crippen LogP contribution in [0.5, 0.6) is 0 Å². The topological polar surface area (TPSA) is 21.8 Å². The highest BCUT2D eigenvalue weighted by atomic mass is 16.6. The van der Waals surface area contributed by atoms with Gasteiger partial charge in [-0.15, -0.1) is 0 Å². The molecule has 1 aliphatic carbocycles. The molecule has 1 unspecified atom stereocenters. The Morgan fingerprint density at radius 1 is 1.09 bits per heavy atom. The van der Waals surface area contributed by atoms with Crippen molar-refractivity contribution in [3.05, 3.63) is 34.4 Å². The molecule has 122 valence electrons. The molecule has 0 amide bonds. The minimum Gasteiger partial charge on any atom is -0.366 e. The standard InChI is InChI=1S/C20H30O2/c1-14-6-5-11-20(4)19(22-20)10-8-15(2)12-18-17(9-7-14)16(3)13-21-18/h6,12,18-19H,5,7-11,13H2,1-4H3/b14-6+,15-12+/t18-,19-,20?/m0/s1. The Morgan fingerprint density at radius 3 is 2.73 bits per heavy atom. The van der Waals surface area contributed by atoms with Crippen molar-refractivity contribution in [2.24, 2.45) is 0 Å². The van der Waals surface area contributed by atoms with Crippen LogP contribution in [0.1, 0.15) is 66.2 Å². The van der Waals surface area contributed by atoms with E-state index in [1.54, 1.807) is 0 Å². The van der Waals surface area contributed by atoms with Gasteiger partial charge in [0, 0.05) is 0 Å². The number of ether oxygens (including phenoxy) is 2. The van der Waals surface area contributed by atoms with E-state index in [4.69, 9.17) is 9.47 Å². The van der Waals surface area contributed by atoms with E-state index in [0.717, 1.165) is 45.1 Å². The molecule has 2 nitrogen and oxygen atoms in total. The van der Waals surface area contributed by atoms with E-state index in [9.17, 15) is 0 Å². The number of fused-ring (bicyclic) bond motifs is 2. The van der Waals surface area contributed by atoms with Crippen LogP contribution >= 0.6 is 0 Å². The van der Waals surface area contributed by atoms with Gasteiger partial charge in [-0.25, -0.2) is 0 Å². The largest absolute Gasteiger partial charge is 0.366 e. The molecule has 0 radical (unpaired) electrons. The molecule has 3 rings (SSSR count). The Labute approximate surface area is 135 Å². The van der Waals surface area contributed by atoms with Crippen molar-refractivity contribution in [3.63, 3.8) is 0 Å². The van der Waals surface area contributed by atoms with Gasteiger partial charge in [0.15, 0.2) is 0 Å². The van der Waals surface area contributed by atoms with Gasteiger partial charge in [0.1, 0.15) is 0 Å². The van der Waals surface area contributed by atoms with Crippen molar-refractivity contribution in [3.8, 4) is 0 Å². The van der Waals surface area contributed by atoms with E-state index in [1.807, 2.05) is 0 Å². The highest BCUT2D eigenvalue weighted by Crippen LogP contribution is 2.43. The van der Waals surface area contributed by atoms with Crippen LogP contribution in [0.2, 0.25) is 0 Å². The minimum atomic E-state index is 0.132. The lowest BCUT2D eigenvalue weighted by Gasteiger charge is -2.14. The average Bonchev–Trinajstić information content (AvgIpc) is 2.98. The van der Waals surface area contributed by atoms with E-state index in [1.165, 1.54) is 22.3 Å². The molecule has 22 heavy (non-hydrogen) atoms. The summed E-state index contributed by atoms with van der Waals surface area (Å²) in [6, 6.07) is 0. The fourth-order valence-electron chi connectivity index (χ4n) is 3.77. The molecule has 2 heteroatoms. The molecular weight excluding hydrogens is 272 g/mol. The molecule has 0 aromatic rings. The summed E-state index contributed by atoms with van der Waals surface area (Å²) in [6.07, 6.45) is 12.3. The third-order valence-electron chi connectivity index (χ3n) is 5.57. The zero-order valence-corrected chi connectivity index (χ0v) is 14.6. The first-order valence-electron chi connectivity index (χ1n) is 8.79. The number of hydrogen-bond donors (Lipinski definition) is 0. The second-order valence-electron chi connectivity index (χ2n) is 7.60. The van der Waals surface area contributed by atoms with Gasteiger partial charge in [-0.3, -0.25) is 0 Å². The zero-order valence-electron chi connectivity index (χ0n) is 14.6. The molecule has 1 saturated heterocycles. The lowest BCUT2D eigenvalue weighted by atomic mass is 9.93. The van der Waals surface area contributed by atoms with Crippen LogP contribution in [0.4, 0.5) is 0 Å². The van der Waals surface area contributed by atoms with Gasteiger partial charge in [0.05, 0.1) is 24.4 Å². The summed E-state index contributed by atoms with van der Waals surface area (Å²) in [5.74, 6) is 0. The molecule has 0 N–H and O–H groups in total. The molecule has 0 aromatic carbocycles. The third kappa shape index (κ3) is 3.55. The maximum absolute atomic E-state index is 5.99. The van der Waals surface area contributed by atoms with Crippen molar-refractivity contribution in [1.29, 1.82) is 0 Å². The Balaban J connectivity index is 1.76. The maximum Gasteiger partial charge on any atom is 0.0977 e. The molecule has 0 saturated carbocycles. The number of epoxide rings is 1. The van der Waals surface area contributed by atoms with Gasteiger partial charge in [-0.05, 0) is 77.4 Å². The second-order valence-corrected chi connectivity index (χ2v) is 7.60. The van der Waals surface area contributed by atoms with Crippen molar-refractivity contribution in [2.75, 3.05) is 6.61 Å². The Morgan fingerprint density at radius 2 is 1.91 bits per heavy atom. The molecule has 2 aliphatic heterocycles. The summed E-state index contributed by atoms with van der Waals surface area (Å²) in [6.45, 7) is 9.81. The van der Waals surface area contributed by atoms with Crippen LogP contribution in [-0.4, -0.2) is 24.4 Å². The van der Waals surface area contributed by atoms with E-state index >= 15 is 0 Å². The summed E-state index contributed by atoms with van der Waals surface area (Å²) in [5.41, 5.74) is 6.03. The fourth-order valence-corrected chi connectivity index (χ4v) is 3.77. The van der Waals surface area contributed by atoms with Gasteiger partial charge < -0.3 is 9.47 Å². The van der Waals surface area contributed by atoms with Crippen molar-refractivity contribution >= 4 is 0 Å². The fraction of sp³-hybridized carbons (Fsp3) is 0.700. The molecule has 3 aliphatic rings. The van der Waals surface area contributed by atoms with E-state index in [-0.39, 0.29) is 11.7 Å². The molecule has 2 heterocycles. The van der Waals surface area contributed by atoms with Crippen LogP contribution in [0.3, 0.4) is 0 Å². The number of hydrogen-bond acceptors (Lipinski definition) is 2. The SMILES string of the molecule is CC1=C2CC/C(C)=C/CCC3(C)O[C@H]3CC/C(C)=C/[C@@H]2OC1. The van der Waals surface area contributed by atoms with Gasteiger partial charge in [0.25, 0.3) is 0 Å². The van der Waals surface area contributed by atoms with Crippen molar-refractivity contribution < 1.29 is 9.47 Å². The minimum absolute atomic E-state index is 0.132. The summed E-state index contributed by atoms with van der Waals surface area (Å²) in [4.78, 5) is 0. The first kappa shape index (κ1) is 16.0. The van der Waals surface area contributed by atoms with Crippen LogP contribution in [0.25, 0.3) is 0 Å². The first-order valence-corrected chi connectivity index (χ1v) is 8.79. The smallest absolute Gasteiger partial charge is 0.0977 e. The third-order valence-corrected chi connectivity index (χ3v) is 5.57. The molecule has 0 bridgehead atoms. The van der Waals surface area contributed by atoms with Gasteiger partial charge in [-0.1, -0.05) is 23.3 Å². The predicted octanol–water partition coefficient (Wildman–Crippen LogP) is 5.11. The van der Waals surface area contributed by atoms with Gasteiger partial charge in [0.2, 0.25) is 0 Å². The Kier molecular flexibility index (Phi) is 4.61. The van der Waals surface area contributed by atoms with E-state index < -0.39 is 0 Å². The Hall–Kier alpha value is -0.860. The monoisotopic (exact) mass is 302 g/mol. The van der Waals surface area contributed by atoms with Crippen molar-refractivity contribution in [1.82, 2.24) is 0 Å². The predicted molar refractivity (Wildman–Crippen MR) is 90.9 cm³/mol. The van der Waals surface area contributed by atoms with Gasteiger partial charge >= 0.3 is 0 Å². The summed E-state index contributed by atoms with van der Waals surface area (Å²) >= 11 is 0. The molecule has 3 atom stereocenters. The second kappa shape index (κ2) is 6.33. The van der Waals surface area contributed by atoms with Crippen molar-refractivity contribution in [2.45, 2.75) is 84.0 Å². The zero-order chi connectivity index (χ0) is 15.7. The highest BCUT2D eigenvalue weighted by molar-refractivity contribution is 5.29. The van der Waals surface area contributed by atoms with Crippen LogP contribution in [-0.2, 0) is 9.47 Å². The molecule has 1 fully saturated rings. The summed E-state index contributed by atoms with van der Waals surface area (Å²) in [7, 11) is 0. The maximum atomic E-state index is 5.99. The molecular formula is C20H30O2. The number of allylic oxidation sites excluding steroid dienone is 3. The van der Waals surface area contributed by atoms with E-state index in [2.05, 4.69) is 39.8 Å². The van der Waals surface area contributed by atoms with E-state index in [0.29, 0.717) is 6.10 Å². The lowest BCUT2D eigenvalue weighted by Crippen LogP contribution is -2.11. The first-order chi connectivity index (χ1) is 10.5. The lowest BCUT2D eigenvalue weighted by molar-refractivity contribution is 0.150. The van der Waals surface area contributed by atoms with Crippen LogP contribution in [0.15, 0.2) is 34.4 Å². The average molecular weight is 302 g/mol.